The first-order valence-electron chi connectivity index (χ1n) is 3.43. The van der Waals surface area contributed by atoms with E-state index >= 15 is 0 Å². The van der Waals surface area contributed by atoms with Crippen LogP contribution in [0.25, 0.3) is 0 Å². The summed E-state index contributed by atoms with van der Waals surface area (Å²) in [5, 5.41) is 17.7. The Morgan fingerprint density at radius 1 is 1.36 bits per heavy atom. The third kappa shape index (κ3) is 1.27. The lowest BCUT2D eigenvalue weighted by Gasteiger charge is -1.99. The van der Waals surface area contributed by atoms with E-state index in [1.54, 1.807) is 4.57 Å². The molecule has 1 heterocycles. The molecule has 0 aromatic carbocycles. The predicted octanol–water partition coefficient (Wildman–Crippen LogP) is -0.287. The molecule has 0 saturated heterocycles. The molecule has 0 aliphatic heterocycles. The molecular formula is C7H12N2O2. The molecule has 0 fully saturated rings. The Labute approximate surface area is 65.1 Å². The van der Waals surface area contributed by atoms with Crippen LogP contribution in [0.3, 0.4) is 0 Å². The van der Waals surface area contributed by atoms with E-state index < -0.39 is 0 Å². The highest BCUT2D eigenvalue weighted by atomic mass is 16.3. The third-order valence-electron chi connectivity index (χ3n) is 1.82. The summed E-state index contributed by atoms with van der Waals surface area (Å²) in [5.74, 6) is 0.804. The Morgan fingerprint density at radius 3 is 2.36 bits per heavy atom. The minimum absolute atomic E-state index is 0.0762. The molecule has 0 saturated carbocycles. The lowest BCUT2D eigenvalue weighted by molar-refractivity contribution is 0.251. The second kappa shape index (κ2) is 3.02. The molecule has 62 valence electrons. The summed E-state index contributed by atoms with van der Waals surface area (Å²) in [5.41, 5.74) is 1.25. The topological polar surface area (TPSA) is 58.3 Å². The van der Waals surface area contributed by atoms with Crippen molar-refractivity contribution in [1.82, 2.24) is 9.55 Å². The van der Waals surface area contributed by atoms with Gasteiger partial charge in [0.1, 0.15) is 5.82 Å². The van der Waals surface area contributed by atoms with E-state index in [-0.39, 0.29) is 13.2 Å². The summed E-state index contributed by atoms with van der Waals surface area (Å²) < 4.78 is 1.77. The first-order chi connectivity index (χ1) is 5.20. The van der Waals surface area contributed by atoms with Crippen LogP contribution < -0.4 is 0 Å². The number of hydrogen-bond donors (Lipinski definition) is 2. The van der Waals surface area contributed by atoms with Gasteiger partial charge in [0.15, 0.2) is 0 Å². The Morgan fingerprint density at radius 2 is 2.00 bits per heavy atom. The van der Waals surface area contributed by atoms with Gasteiger partial charge in [-0.25, -0.2) is 4.98 Å². The summed E-state index contributed by atoms with van der Waals surface area (Å²) in [4.78, 5) is 4.05. The summed E-state index contributed by atoms with van der Waals surface area (Å²) in [6.45, 7) is 1.64. The molecule has 4 nitrogen and oxygen atoms in total. The maximum Gasteiger partial charge on any atom is 0.105 e. The first-order valence-corrected chi connectivity index (χ1v) is 3.43. The van der Waals surface area contributed by atoms with Gasteiger partial charge in [0, 0.05) is 7.05 Å². The molecule has 0 amide bonds. The van der Waals surface area contributed by atoms with Crippen molar-refractivity contribution in [3.63, 3.8) is 0 Å². The Balaban J connectivity index is 3.15. The number of aliphatic hydroxyl groups excluding tert-OH is 2. The van der Waals surface area contributed by atoms with Gasteiger partial charge >= 0.3 is 0 Å². The van der Waals surface area contributed by atoms with Crippen LogP contribution in [0.5, 0.6) is 0 Å². The maximum atomic E-state index is 8.87. The van der Waals surface area contributed by atoms with Crippen molar-refractivity contribution in [2.24, 2.45) is 7.05 Å². The van der Waals surface area contributed by atoms with Gasteiger partial charge in [-0.05, 0) is 6.92 Å². The highest BCUT2D eigenvalue weighted by Gasteiger charge is 2.08. The molecule has 0 aliphatic rings. The number of hydrogen-bond acceptors (Lipinski definition) is 3. The Bertz CT molecular complexity index is 255. The molecular weight excluding hydrogens is 144 g/mol. The van der Waals surface area contributed by atoms with Crippen molar-refractivity contribution in [2.45, 2.75) is 20.1 Å². The summed E-state index contributed by atoms with van der Waals surface area (Å²) >= 11 is 0. The predicted molar refractivity (Wildman–Crippen MR) is 39.8 cm³/mol. The van der Waals surface area contributed by atoms with Crippen LogP contribution >= 0.6 is 0 Å². The number of aliphatic hydroxyl groups is 2. The molecule has 11 heavy (non-hydrogen) atoms. The van der Waals surface area contributed by atoms with Gasteiger partial charge in [-0.2, -0.15) is 0 Å². The van der Waals surface area contributed by atoms with Crippen LogP contribution in [0, 0.1) is 6.92 Å². The van der Waals surface area contributed by atoms with E-state index in [9.17, 15) is 0 Å². The zero-order valence-corrected chi connectivity index (χ0v) is 6.70. The fourth-order valence-electron chi connectivity index (χ4n) is 1.05. The van der Waals surface area contributed by atoms with Gasteiger partial charge in [-0.3, -0.25) is 0 Å². The number of imidazole rings is 1. The molecule has 1 aromatic rings. The summed E-state index contributed by atoms with van der Waals surface area (Å²) in [6.07, 6.45) is 0. The largest absolute Gasteiger partial charge is 0.390 e. The standard InChI is InChI=1S/C7H12N2O2/c1-5-8-6(3-10)7(4-11)9(5)2/h10-11H,3-4H2,1-2H3. The Hall–Kier alpha value is -0.870. The molecule has 0 bridgehead atoms. The normalized spacial score (nSPS) is 10.5. The number of aryl methyl sites for hydroxylation is 1. The molecule has 0 aliphatic carbocycles. The van der Waals surface area contributed by atoms with Crippen molar-refractivity contribution >= 4 is 0 Å². The van der Waals surface area contributed by atoms with Crippen molar-refractivity contribution < 1.29 is 10.2 Å². The number of rotatable bonds is 2. The van der Waals surface area contributed by atoms with Gasteiger partial charge < -0.3 is 14.8 Å². The molecule has 0 spiro atoms. The molecule has 1 rings (SSSR count). The van der Waals surface area contributed by atoms with Crippen molar-refractivity contribution in [3.8, 4) is 0 Å². The summed E-state index contributed by atoms with van der Waals surface area (Å²) in [6, 6.07) is 0. The van der Waals surface area contributed by atoms with Gasteiger partial charge in [0.05, 0.1) is 24.6 Å². The fourth-order valence-corrected chi connectivity index (χ4v) is 1.05. The molecule has 0 atom stereocenters. The second-order valence-electron chi connectivity index (χ2n) is 2.43. The third-order valence-corrected chi connectivity index (χ3v) is 1.82. The van der Waals surface area contributed by atoms with Crippen LogP contribution in [-0.4, -0.2) is 19.8 Å². The van der Waals surface area contributed by atoms with E-state index in [1.165, 1.54) is 0 Å². The monoisotopic (exact) mass is 156 g/mol. The molecule has 1 aromatic heterocycles. The van der Waals surface area contributed by atoms with Gasteiger partial charge in [-0.1, -0.05) is 0 Å². The van der Waals surface area contributed by atoms with Gasteiger partial charge in [-0.15, -0.1) is 0 Å². The number of aromatic nitrogens is 2. The maximum absolute atomic E-state index is 8.87. The van der Waals surface area contributed by atoms with E-state index in [0.717, 1.165) is 5.82 Å². The highest BCUT2D eigenvalue weighted by molar-refractivity contribution is 5.14. The zero-order valence-electron chi connectivity index (χ0n) is 6.70. The van der Waals surface area contributed by atoms with Crippen LogP contribution in [0.15, 0.2) is 0 Å². The zero-order chi connectivity index (χ0) is 8.43. The van der Waals surface area contributed by atoms with E-state index in [2.05, 4.69) is 4.98 Å². The Kier molecular flexibility index (Phi) is 2.26. The quantitative estimate of drug-likeness (QED) is 0.618. The van der Waals surface area contributed by atoms with Crippen molar-refractivity contribution in [3.05, 3.63) is 17.2 Å². The minimum Gasteiger partial charge on any atom is -0.390 e. The minimum atomic E-state index is -0.114. The molecule has 4 heteroatoms. The summed E-state index contributed by atoms with van der Waals surface area (Å²) in [7, 11) is 1.81. The molecule has 0 radical (unpaired) electrons. The second-order valence-corrected chi connectivity index (χ2v) is 2.43. The lowest BCUT2D eigenvalue weighted by atomic mass is 10.3. The van der Waals surface area contributed by atoms with Gasteiger partial charge in [0.25, 0.3) is 0 Å². The first kappa shape index (κ1) is 8.23. The SMILES string of the molecule is Cc1nc(CO)c(CO)n1C. The van der Waals surface area contributed by atoms with Crippen LogP contribution in [-0.2, 0) is 20.3 Å². The molecule has 2 N–H and O–H groups in total. The van der Waals surface area contributed by atoms with E-state index in [0.29, 0.717) is 11.4 Å². The van der Waals surface area contributed by atoms with E-state index in [4.69, 9.17) is 10.2 Å². The lowest BCUT2D eigenvalue weighted by Crippen LogP contribution is -1.99. The number of nitrogens with zero attached hydrogens (tertiary/aromatic N) is 2. The van der Waals surface area contributed by atoms with Crippen LogP contribution in [0.1, 0.15) is 17.2 Å². The highest BCUT2D eigenvalue weighted by Crippen LogP contribution is 2.09. The van der Waals surface area contributed by atoms with Crippen molar-refractivity contribution in [1.29, 1.82) is 0 Å². The van der Waals surface area contributed by atoms with E-state index in [1.807, 2.05) is 14.0 Å². The average Bonchev–Trinajstić information content (AvgIpc) is 2.28. The fraction of sp³-hybridized carbons (Fsp3) is 0.571. The van der Waals surface area contributed by atoms with Crippen LogP contribution in [0.2, 0.25) is 0 Å². The van der Waals surface area contributed by atoms with Gasteiger partial charge in [0.2, 0.25) is 0 Å². The average molecular weight is 156 g/mol. The van der Waals surface area contributed by atoms with Crippen LogP contribution in [0.4, 0.5) is 0 Å². The van der Waals surface area contributed by atoms with Crippen molar-refractivity contribution in [2.75, 3.05) is 0 Å². The smallest absolute Gasteiger partial charge is 0.105 e. The molecule has 0 unspecified atom stereocenters.